The quantitative estimate of drug-likeness (QED) is 0.574. The van der Waals surface area contributed by atoms with E-state index in [9.17, 15) is 4.79 Å². The molecule has 0 spiro atoms. The largest absolute Gasteiger partial charge is 0.379 e. The minimum Gasteiger partial charge on any atom is -0.379 e. The van der Waals surface area contributed by atoms with Crippen molar-refractivity contribution in [2.75, 3.05) is 26.3 Å². The Labute approximate surface area is 77.7 Å². The number of carbonyl (C=O) groups excluding carboxylic acids is 1. The first kappa shape index (κ1) is 8.66. The lowest BCUT2D eigenvalue weighted by Gasteiger charge is -2.31. The zero-order valence-electron chi connectivity index (χ0n) is 7.48. The van der Waals surface area contributed by atoms with Gasteiger partial charge in [0.15, 0.2) is 0 Å². The Morgan fingerprint density at radius 2 is 2.23 bits per heavy atom. The van der Waals surface area contributed by atoms with Crippen molar-refractivity contribution in [2.45, 2.75) is 6.04 Å². The van der Waals surface area contributed by atoms with Crippen LogP contribution in [-0.4, -0.2) is 43.5 Å². The average Bonchev–Trinajstić information content (AvgIpc) is 2.67. The van der Waals surface area contributed by atoms with Crippen molar-refractivity contribution in [3.8, 4) is 0 Å². The van der Waals surface area contributed by atoms with Gasteiger partial charge in [0, 0.05) is 18.7 Å². The van der Waals surface area contributed by atoms with Gasteiger partial charge in [-0.15, -0.1) is 0 Å². The van der Waals surface area contributed by atoms with Crippen LogP contribution in [-0.2, 0) is 9.53 Å². The molecule has 1 heterocycles. The fourth-order valence-electron chi connectivity index (χ4n) is 1.78. The highest BCUT2D eigenvalue weighted by molar-refractivity contribution is 5.78. The van der Waals surface area contributed by atoms with Gasteiger partial charge < -0.3 is 4.74 Å². The zero-order chi connectivity index (χ0) is 9.10. The molecular formula is C10H13NO2. The Morgan fingerprint density at radius 1 is 1.46 bits per heavy atom. The summed E-state index contributed by atoms with van der Waals surface area (Å²) < 4.78 is 5.25. The standard InChI is InChI=1S/C10H13NO2/c12-8-9-2-1-3-10(9)11-4-6-13-7-5-11/h1-3,8,10H,4-7H2. The number of ether oxygens (including phenoxy) is 1. The second-order valence-electron chi connectivity index (χ2n) is 3.26. The van der Waals surface area contributed by atoms with Gasteiger partial charge >= 0.3 is 0 Å². The Balaban J connectivity index is 2.03. The maximum Gasteiger partial charge on any atom is 0.147 e. The van der Waals surface area contributed by atoms with E-state index in [1.165, 1.54) is 0 Å². The van der Waals surface area contributed by atoms with Gasteiger partial charge in [-0.2, -0.15) is 0 Å². The number of hydrogen-bond acceptors (Lipinski definition) is 3. The fourth-order valence-corrected chi connectivity index (χ4v) is 1.78. The second-order valence-corrected chi connectivity index (χ2v) is 3.26. The van der Waals surface area contributed by atoms with E-state index in [4.69, 9.17) is 4.74 Å². The third kappa shape index (κ3) is 1.71. The summed E-state index contributed by atoms with van der Waals surface area (Å²) in [4.78, 5) is 13.0. The third-order valence-electron chi connectivity index (χ3n) is 2.50. The van der Waals surface area contributed by atoms with Gasteiger partial charge in [0.2, 0.25) is 0 Å². The van der Waals surface area contributed by atoms with E-state index in [1.807, 2.05) is 12.2 Å². The molecule has 3 heteroatoms. The first-order chi connectivity index (χ1) is 6.42. The van der Waals surface area contributed by atoms with E-state index in [0.29, 0.717) is 0 Å². The molecule has 3 nitrogen and oxygen atoms in total. The Hall–Kier alpha value is -0.930. The molecule has 0 saturated carbocycles. The molecule has 1 fully saturated rings. The number of aldehydes is 1. The molecule has 2 aliphatic rings. The molecule has 0 amide bonds. The van der Waals surface area contributed by atoms with E-state index in [1.54, 1.807) is 0 Å². The van der Waals surface area contributed by atoms with Crippen LogP contribution in [0.5, 0.6) is 0 Å². The molecule has 1 aliphatic carbocycles. The summed E-state index contributed by atoms with van der Waals surface area (Å²) in [6.07, 6.45) is 6.84. The summed E-state index contributed by atoms with van der Waals surface area (Å²) in [7, 11) is 0. The van der Waals surface area contributed by atoms with Crippen LogP contribution in [0.15, 0.2) is 23.8 Å². The third-order valence-corrected chi connectivity index (χ3v) is 2.50. The van der Waals surface area contributed by atoms with Gasteiger partial charge in [-0.25, -0.2) is 0 Å². The number of allylic oxidation sites excluding steroid dienone is 2. The molecule has 0 aromatic heterocycles. The van der Waals surface area contributed by atoms with Crippen molar-refractivity contribution in [1.29, 1.82) is 0 Å². The molecule has 2 rings (SSSR count). The average molecular weight is 179 g/mol. The number of rotatable bonds is 2. The van der Waals surface area contributed by atoms with Crippen LogP contribution in [0.25, 0.3) is 0 Å². The maximum atomic E-state index is 10.7. The van der Waals surface area contributed by atoms with E-state index >= 15 is 0 Å². The summed E-state index contributed by atoms with van der Waals surface area (Å²) in [5.74, 6) is 0. The minimum absolute atomic E-state index is 0.196. The van der Waals surface area contributed by atoms with Gasteiger partial charge in [0.05, 0.1) is 19.3 Å². The van der Waals surface area contributed by atoms with Gasteiger partial charge in [0.1, 0.15) is 6.29 Å². The van der Waals surface area contributed by atoms with Crippen LogP contribution in [0.1, 0.15) is 0 Å². The van der Waals surface area contributed by atoms with Crippen LogP contribution in [0, 0.1) is 0 Å². The van der Waals surface area contributed by atoms with Crippen LogP contribution in [0.4, 0.5) is 0 Å². The molecule has 0 N–H and O–H groups in total. The Bertz CT molecular complexity index is 252. The van der Waals surface area contributed by atoms with Crippen molar-refractivity contribution < 1.29 is 9.53 Å². The second kappa shape index (κ2) is 3.85. The summed E-state index contributed by atoms with van der Waals surface area (Å²) in [5, 5.41) is 0. The van der Waals surface area contributed by atoms with Crippen LogP contribution >= 0.6 is 0 Å². The Morgan fingerprint density at radius 3 is 2.92 bits per heavy atom. The summed E-state index contributed by atoms with van der Waals surface area (Å²) in [6, 6.07) is 0.196. The van der Waals surface area contributed by atoms with Crippen LogP contribution < -0.4 is 0 Å². The molecule has 0 bridgehead atoms. The molecule has 70 valence electrons. The normalized spacial score (nSPS) is 28.9. The number of nitrogens with zero attached hydrogens (tertiary/aromatic N) is 1. The molecule has 1 unspecified atom stereocenters. The molecule has 0 aromatic carbocycles. The van der Waals surface area contributed by atoms with E-state index in [-0.39, 0.29) is 6.04 Å². The smallest absolute Gasteiger partial charge is 0.147 e. The van der Waals surface area contributed by atoms with E-state index in [0.717, 1.165) is 38.2 Å². The molecule has 0 radical (unpaired) electrons. The topological polar surface area (TPSA) is 29.5 Å². The van der Waals surface area contributed by atoms with Crippen molar-refractivity contribution in [3.63, 3.8) is 0 Å². The van der Waals surface area contributed by atoms with E-state index < -0.39 is 0 Å². The van der Waals surface area contributed by atoms with Crippen LogP contribution in [0.2, 0.25) is 0 Å². The number of hydrogen-bond donors (Lipinski definition) is 0. The predicted octanol–water partition coefficient (Wildman–Crippen LogP) is 0.382. The van der Waals surface area contributed by atoms with Gasteiger partial charge in [-0.1, -0.05) is 18.2 Å². The summed E-state index contributed by atoms with van der Waals surface area (Å²) >= 11 is 0. The van der Waals surface area contributed by atoms with Crippen molar-refractivity contribution in [3.05, 3.63) is 23.8 Å². The van der Waals surface area contributed by atoms with Crippen LogP contribution in [0.3, 0.4) is 0 Å². The monoisotopic (exact) mass is 179 g/mol. The predicted molar refractivity (Wildman–Crippen MR) is 49.5 cm³/mol. The number of morpholine rings is 1. The Kier molecular flexibility index (Phi) is 2.57. The lowest BCUT2D eigenvalue weighted by atomic mass is 10.1. The fraction of sp³-hybridized carbons (Fsp3) is 0.500. The highest BCUT2D eigenvalue weighted by Gasteiger charge is 2.23. The molecule has 13 heavy (non-hydrogen) atoms. The van der Waals surface area contributed by atoms with Gasteiger partial charge in [0.25, 0.3) is 0 Å². The molecule has 0 aromatic rings. The zero-order valence-corrected chi connectivity index (χ0v) is 7.48. The maximum absolute atomic E-state index is 10.7. The molecule has 1 saturated heterocycles. The minimum atomic E-state index is 0.196. The summed E-state index contributed by atoms with van der Waals surface area (Å²) in [5.41, 5.74) is 0.863. The van der Waals surface area contributed by atoms with Crippen molar-refractivity contribution in [1.82, 2.24) is 4.90 Å². The first-order valence-corrected chi connectivity index (χ1v) is 4.57. The highest BCUT2D eigenvalue weighted by atomic mass is 16.5. The highest BCUT2D eigenvalue weighted by Crippen LogP contribution is 2.17. The van der Waals surface area contributed by atoms with Gasteiger partial charge in [-0.3, -0.25) is 9.69 Å². The van der Waals surface area contributed by atoms with Gasteiger partial charge in [-0.05, 0) is 0 Å². The molecule has 1 atom stereocenters. The summed E-state index contributed by atoms with van der Waals surface area (Å²) in [6.45, 7) is 3.38. The van der Waals surface area contributed by atoms with Crippen molar-refractivity contribution in [2.24, 2.45) is 0 Å². The molecular weight excluding hydrogens is 166 g/mol. The lowest BCUT2D eigenvalue weighted by molar-refractivity contribution is -0.105. The SMILES string of the molecule is O=CC1=CC=CC1N1CCOCC1. The first-order valence-electron chi connectivity index (χ1n) is 4.57. The molecule has 1 aliphatic heterocycles. The number of carbonyl (C=O) groups is 1. The van der Waals surface area contributed by atoms with Crippen molar-refractivity contribution >= 4 is 6.29 Å². The lowest BCUT2D eigenvalue weighted by Crippen LogP contribution is -2.43. The van der Waals surface area contributed by atoms with E-state index in [2.05, 4.69) is 11.0 Å².